The van der Waals surface area contributed by atoms with Gasteiger partial charge in [-0.05, 0) is 51.2 Å². The molecule has 0 aliphatic carbocycles. The van der Waals surface area contributed by atoms with Gasteiger partial charge in [0.05, 0.1) is 27.3 Å². The SMILES string of the molecule is CNC(=O)[C@@H]1[C@H]2C(=O)N(CCCCCCO)C(C(=O)Nc3c(C)cccc3Cl)C23CC[C@@]1(C)S3. The highest BCUT2D eigenvalue weighted by Crippen LogP contribution is 2.71. The highest BCUT2D eigenvalue weighted by molar-refractivity contribution is 8.02. The van der Waals surface area contributed by atoms with Crippen LogP contribution in [0.2, 0.25) is 5.02 Å². The summed E-state index contributed by atoms with van der Waals surface area (Å²) in [5.74, 6) is -1.43. The number of carbonyl (C=O) groups excluding carboxylic acids is 3. The van der Waals surface area contributed by atoms with E-state index < -0.39 is 22.6 Å². The van der Waals surface area contributed by atoms with Crippen LogP contribution in [0.1, 0.15) is 51.0 Å². The number of amides is 3. The summed E-state index contributed by atoms with van der Waals surface area (Å²) < 4.78 is -1.00. The lowest BCUT2D eigenvalue weighted by atomic mass is 9.66. The van der Waals surface area contributed by atoms with Gasteiger partial charge in [-0.1, -0.05) is 36.6 Å². The third kappa shape index (κ3) is 4.01. The Bertz CT molecular complexity index is 971. The second-order valence-corrected chi connectivity index (χ2v) is 12.2. The van der Waals surface area contributed by atoms with Gasteiger partial charge in [-0.3, -0.25) is 14.4 Å². The van der Waals surface area contributed by atoms with E-state index in [-0.39, 0.29) is 29.1 Å². The summed E-state index contributed by atoms with van der Waals surface area (Å²) in [7, 11) is 1.61. The Morgan fingerprint density at radius 1 is 1.21 bits per heavy atom. The molecule has 1 spiro atoms. The maximum Gasteiger partial charge on any atom is 0.248 e. The number of carbonyl (C=O) groups is 3. The van der Waals surface area contributed by atoms with Crippen LogP contribution in [0, 0.1) is 18.8 Å². The number of likely N-dealkylation sites (tertiary alicyclic amines) is 1. The van der Waals surface area contributed by atoms with Crippen LogP contribution in [0.5, 0.6) is 0 Å². The van der Waals surface area contributed by atoms with Crippen LogP contribution >= 0.6 is 23.4 Å². The number of unbranched alkanes of at least 4 members (excludes halogenated alkanes) is 3. The van der Waals surface area contributed by atoms with Crippen LogP contribution in [-0.2, 0) is 14.4 Å². The Kier molecular flexibility index (Phi) is 7.23. The highest BCUT2D eigenvalue weighted by Gasteiger charge is 2.76. The maximum atomic E-state index is 13.9. The smallest absolute Gasteiger partial charge is 0.248 e. The van der Waals surface area contributed by atoms with Crippen molar-refractivity contribution in [1.82, 2.24) is 10.2 Å². The van der Waals surface area contributed by atoms with Crippen LogP contribution in [0.15, 0.2) is 18.2 Å². The predicted octanol–water partition coefficient (Wildman–Crippen LogP) is 3.37. The number of hydrogen-bond donors (Lipinski definition) is 3. The number of fused-ring (bicyclic) bond motifs is 1. The summed E-state index contributed by atoms with van der Waals surface area (Å²) in [6, 6.07) is 4.80. The van der Waals surface area contributed by atoms with E-state index in [0.717, 1.165) is 44.1 Å². The molecule has 0 saturated carbocycles. The number of anilines is 1. The average Bonchev–Trinajstić information content (AvgIpc) is 3.36. The number of aliphatic hydroxyl groups is 1. The minimum absolute atomic E-state index is 0.0947. The second-order valence-electron chi connectivity index (χ2n) is 9.93. The molecule has 3 saturated heterocycles. The summed E-state index contributed by atoms with van der Waals surface area (Å²) in [6.45, 7) is 4.56. The molecule has 0 radical (unpaired) electrons. The molecule has 34 heavy (non-hydrogen) atoms. The van der Waals surface area contributed by atoms with Gasteiger partial charge in [-0.2, -0.15) is 0 Å². The number of aryl methyl sites for hydroxylation is 1. The summed E-state index contributed by atoms with van der Waals surface area (Å²) in [5, 5.41) is 15.3. The molecule has 3 amide bonds. The van der Waals surface area contributed by atoms with Crippen molar-refractivity contribution < 1.29 is 19.5 Å². The van der Waals surface area contributed by atoms with E-state index in [1.165, 1.54) is 0 Å². The predicted molar refractivity (Wildman–Crippen MR) is 135 cm³/mol. The van der Waals surface area contributed by atoms with Gasteiger partial charge in [0.15, 0.2) is 0 Å². The number of para-hydroxylation sites is 1. The Morgan fingerprint density at radius 2 is 1.94 bits per heavy atom. The summed E-state index contributed by atoms with van der Waals surface area (Å²) in [5.41, 5.74) is 1.42. The molecule has 3 aliphatic rings. The molecule has 3 heterocycles. The van der Waals surface area contributed by atoms with E-state index in [1.54, 1.807) is 29.8 Å². The Balaban J connectivity index is 1.68. The minimum atomic E-state index is -0.667. The molecular weight excluding hydrogens is 474 g/mol. The Hall–Kier alpha value is -1.77. The number of nitrogens with zero attached hydrogens (tertiary/aromatic N) is 1. The average molecular weight is 508 g/mol. The van der Waals surface area contributed by atoms with Crippen molar-refractivity contribution in [3.63, 3.8) is 0 Å². The fourth-order valence-corrected chi connectivity index (χ4v) is 8.88. The van der Waals surface area contributed by atoms with Crippen LogP contribution < -0.4 is 10.6 Å². The van der Waals surface area contributed by atoms with Gasteiger partial charge >= 0.3 is 0 Å². The van der Waals surface area contributed by atoms with E-state index in [0.29, 0.717) is 17.3 Å². The first kappa shape index (κ1) is 25.3. The van der Waals surface area contributed by atoms with Crippen molar-refractivity contribution in [3.05, 3.63) is 28.8 Å². The molecule has 0 aromatic heterocycles. The number of hydrogen-bond acceptors (Lipinski definition) is 5. The monoisotopic (exact) mass is 507 g/mol. The fraction of sp³-hybridized carbons (Fsp3) is 0.640. The fourth-order valence-electron chi connectivity index (χ4n) is 6.25. The molecule has 7 nitrogen and oxygen atoms in total. The van der Waals surface area contributed by atoms with Crippen molar-refractivity contribution in [2.24, 2.45) is 11.8 Å². The molecule has 1 aromatic rings. The topological polar surface area (TPSA) is 98.7 Å². The molecule has 4 rings (SSSR count). The zero-order valence-electron chi connectivity index (χ0n) is 20.0. The van der Waals surface area contributed by atoms with Crippen LogP contribution in [0.4, 0.5) is 5.69 Å². The molecule has 2 bridgehead atoms. The van der Waals surface area contributed by atoms with E-state index in [2.05, 4.69) is 17.6 Å². The van der Waals surface area contributed by atoms with Crippen LogP contribution in [-0.4, -0.2) is 63.5 Å². The first-order valence-electron chi connectivity index (χ1n) is 12.1. The summed E-state index contributed by atoms with van der Waals surface area (Å²) >= 11 is 8.06. The normalized spacial score (nSPS) is 31.6. The van der Waals surface area contributed by atoms with Gasteiger partial charge in [0.25, 0.3) is 0 Å². The number of rotatable bonds is 9. The standard InChI is InChI=1S/C25H34ClN3O4S/c1-15-9-8-10-16(26)19(15)28-22(32)20-25-12-11-24(2,34-25)17(21(31)27-3)18(25)23(33)29(20)13-6-4-5-7-14-30/h8-10,17-18,20,30H,4-7,11-14H2,1-3H3,(H,27,31)(H,28,32)/t17-,18-,20?,24+,25?/m0/s1. The lowest BCUT2D eigenvalue weighted by Gasteiger charge is -2.34. The third-order valence-electron chi connectivity index (χ3n) is 7.83. The number of halogens is 1. The van der Waals surface area contributed by atoms with Crippen molar-refractivity contribution >= 4 is 46.8 Å². The summed E-state index contributed by atoms with van der Waals surface area (Å²) in [6.07, 6.45) is 4.72. The van der Waals surface area contributed by atoms with Gasteiger partial charge in [-0.25, -0.2) is 0 Å². The molecule has 3 fully saturated rings. The van der Waals surface area contributed by atoms with E-state index >= 15 is 0 Å². The molecule has 9 heteroatoms. The highest BCUT2D eigenvalue weighted by atomic mass is 35.5. The van der Waals surface area contributed by atoms with E-state index in [4.69, 9.17) is 16.7 Å². The quantitative estimate of drug-likeness (QED) is 0.445. The number of benzene rings is 1. The molecule has 5 atom stereocenters. The van der Waals surface area contributed by atoms with Gasteiger partial charge in [0.1, 0.15) is 6.04 Å². The van der Waals surface area contributed by atoms with Crippen molar-refractivity contribution in [2.75, 3.05) is 25.5 Å². The maximum absolute atomic E-state index is 13.9. The molecule has 186 valence electrons. The summed E-state index contributed by atoms with van der Waals surface area (Å²) in [4.78, 5) is 42.4. The number of thioether (sulfide) groups is 1. The first-order chi connectivity index (χ1) is 16.2. The zero-order valence-corrected chi connectivity index (χ0v) is 21.6. The largest absolute Gasteiger partial charge is 0.396 e. The van der Waals surface area contributed by atoms with Crippen molar-refractivity contribution in [1.29, 1.82) is 0 Å². The number of aliphatic hydroxyl groups excluding tert-OH is 1. The van der Waals surface area contributed by atoms with Crippen molar-refractivity contribution in [3.8, 4) is 0 Å². The van der Waals surface area contributed by atoms with E-state index in [9.17, 15) is 14.4 Å². The van der Waals surface area contributed by atoms with Gasteiger partial charge in [0, 0.05) is 24.9 Å². The van der Waals surface area contributed by atoms with Gasteiger partial charge in [-0.15, -0.1) is 11.8 Å². The molecule has 2 unspecified atom stereocenters. The minimum Gasteiger partial charge on any atom is -0.396 e. The second kappa shape index (κ2) is 9.70. The third-order valence-corrected chi connectivity index (χ3v) is 10.1. The van der Waals surface area contributed by atoms with Gasteiger partial charge in [0.2, 0.25) is 17.7 Å². The zero-order chi connectivity index (χ0) is 24.7. The lowest BCUT2D eigenvalue weighted by Crippen LogP contribution is -2.52. The van der Waals surface area contributed by atoms with Crippen LogP contribution in [0.25, 0.3) is 0 Å². The van der Waals surface area contributed by atoms with Crippen molar-refractivity contribution in [2.45, 2.75) is 67.9 Å². The first-order valence-corrected chi connectivity index (χ1v) is 13.3. The number of nitrogens with one attached hydrogen (secondary N) is 2. The Labute approximate surface area is 210 Å². The van der Waals surface area contributed by atoms with E-state index in [1.807, 2.05) is 19.1 Å². The molecule has 3 aliphatic heterocycles. The lowest BCUT2D eigenvalue weighted by molar-refractivity contribution is -0.140. The Morgan fingerprint density at radius 3 is 2.62 bits per heavy atom. The molecule has 3 N–H and O–H groups in total. The van der Waals surface area contributed by atoms with Crippen LogP contribution in [0.3, 0.4) is 0 Å². The van der Waals surface area contributed by atoms with Gasteiger partial charge < -0.3 is 20.6 Å². The molecular formula is C25H34ClN3O4S. The molecule has 1 aromatic carbocycles.